The molecule has 70 heavy (non-hydrogen) atoms. The molecule has 0 saturated carbocycles. The molecular weight excluding hydrogens is 892 g/mol. The maximum Gasteiger partial charge on any atom is 0.472 e. The summed E-state index contributed by atoms with van der Waals surface area (Å²) >= 11 is 0. The van der Waals surface area contributed by atoms with Crippen molar-refractivity contribution >= 4 is 19.7 Å². The standard InChI is InChI=1S/C60H107N2O7P/c1-7-10-13-16-19-22-25-28-30-31-33-35-38-41-44-47-50-53-60(64)69-58(51-48-45-42-39-36-27-24-21-18-15-12-9-3)57(56-68-70(65,66)67-55-54-62(4,5)6)61-59(63)52-49-46-43-40-37-34-32-29-26-23-20-17-14-11-8-2/h10,13,16,19,22,25,28,30-31,33,35,38,48,51,57-58H,7-9,11-12,14-15,17-18,20-21,23-24,26-27,29,32,34,36-37,39-47,49-50,52-56H2,1-6H3,(H-,61,63,65,66)/p+1/b13-10-,19-16+,25-22+,30-28-,33-31+,38-35+,51-48+. The van der Waals surface area contributed by atoms with Gasteiger partial charge in [0.2, 0.25) is 5.91 Å². The van der Waals surface area contributed by atoms with Gasteiger partial charge in [-0.05, 0) is 51.0 Å². The summed E-state index contributed by atoms with van der Waals surface area (Å²) in [7, 11) is 1.46. The fourth-order valence-corrected chi connectivity index (χ4v) is 8.59. The molecule has 10 heteroatoms. The molecule has 0 aromatic rings. The van der Waals surface area contributed by atoms with Crippen LogP contribution in [0.3, 0.4) is 0 Å². The Labute approximate surface area is 431 Å². The molecule has 3 atom stereocenters. The number of nitrogens with one attached hydrogen (secondary N) is 1. The van der Waals surface area contributed by atoms with E-state index in [0.29, 0.717) is 23.9 Å². The van der Waals surface area contributed by atoms with E-state index >= 15 is 0 Å². The summed E-state index contributed by atoms with van der Waals surface area (Å²) in [5.41, 5.74) is 0. The number of nitrogens with zero attached hydrogens (tertiary/aromatic N) is 1. The van der Waals surface area contributed by atoms with E-state index in [2.05, 4.69) is 38.2 Å². The lowest BCUT2D eigenvalue weighted by molar-refractivity contribution is -0.870. The number of phosphoric ester groups is 1. The third kappa shape index (κ3) is 50.1. The average molecular weight is 1000 g/mol. The van der Waals surface area contributed by atoms with Gasteiger partial charge in [0.25, 0.3) is 0 Å². The second kappa shape index (κ2) is 49.8. The lowest BCUT2D eigenvalue weighted by Gasteiger charge is -2.27. The molecule has 0 radical (unpaired) electrons. The number of rotatable bonds is 50. The maximum atomic E-state index is 13.5. The van der Waals surface area contributed by atoms with E-state index in [4.69, 9.17) is 13.8 Å². The number of amides is 1. The summed E-state index contributed by atoms with van der Waals surface area (Å²) in [6.07, 6.45) is 64.3. The van der Waals surface area contributed by atoms with Crippen molar-refractivity contribution in [1.82, 2.24) is 5.32 Å². The predicted molar refractivity (Wildman–Crippen MR) is 300 cm³/mol. The van der Waals surface area contributed by atoms with Crippen molar-refractivity contribution in [2.24, 2.45) is 0 Å². The van der Waals surface area contributed by atoms with E-state index in [0.717, 1.165) is 64.2 Å². The van der Waals surface area contributed by atoms with Gasteiger partial charge in [-0.2, -0.15) is 0 Å². The SMILES string of the molecule is CC\C=C/C=C/C=C/C=C\C=C\C=C\CCCCCC(=O)OC(/C=C/CCCCCCCCCCCC)C(COP(=O)(O)OCC[N+](C)(C)C)NC(=O)CCCCCCCCCCCCCCCCC. The number of likely N-dealkylation sites (N-methyl/N-ethyl adjacent to an activating group) is 1. The summed E-state index contributed by atoms with van der Waals surface area (Å²) < 4.78 is 30.6. The smallest absolute Gasteiger partial charge is 0.456 e. The van der Waals surface area contributed by atoms with Gasteiger partial charge in [-0.3, -0.25) is 18.6 Å². The summed E-state index contributed by atoms with van der Waals surface area (Å²) in [5.74, 6) is -0.556. The van der Waals surface area contributed by atoms with E-state index < -0.39 is 20.0 Å². The summed E-state index contributed by atoms with van der Waals surface area (Å²) in [6, 6.07) is -0.868. The van der Waals surface area contributed by atoms with Crippen LogP contribution in [0.25, 0.3) is 0 Å². The Morgan fingerprint density at radius 2 is 0.914 bits per heavy atom. The van der Waals surface area contributed by atoms with Crippen molar-refractivity contribution < 1.29 is 37.3 Å². The molecule has 3 unspecified atom stereocenters. The second-order valence-corrected chi connectivity index (χ2v) is 21.7. The molecule has 0 aliphatic heterocycles. The molecule has 0 aromatic carbocycles. The lowest BCUT2D eigenvalue weighted by Crippen LogP contribution is -2.47. The van der Waals surface area contributed by atoms with Crippen LogP contribution in [0.4, 0.5) is 0 Å². The number of ether oxygens (including phenoxy) is 1. The fraction of sp³-hybridized carbons (Fsp3) is 0.733. The molecule has 0 bridgehead atoms. The largest absolute Gasteiger partial charge is 0.472 e. The van der Waals surface area contributed by atoms with Gasteiger partial charge in [-0.15, -0.1) is 0 Å². The molecule has 0 aliphatic rings. The average Bonchev–Trinajstić information content (AvgIpc) is 3.32. The van der Waals surface area contributed by atoms with Crippen molar-refractivity contribution in [2.75, 3.05) is 40.9 Å². The van der Waals surface area contributed by atoms with E-state index in [-0.39, 0.29) is 31.5 Å². The first-order valence-corrected chi connectivity index (χ1v) is 30.0. The zero-order valence-electron chi connectivity index (χ0n) is 46.0. The second-order valence-electron chi connectivity index (χ2n) is 20.2. The molecule has 404 valence electrons. The van der Waals surface area contributed by atoms with Crippen molar-refractivity contribution in [3.63, 3.8) is 0 Å². The van der Waals surface area contributed by atoms with E-state index in [1.54, 1.807) is 0 Å². The third-order valence-corrected chi connectivity index (χ3v) is 13.2. The molecule has 0 spiro atoms. The number of esters is 1. The molecule has 9 nitrogen and oxygen atoms in total. The summed E-state index contributed by atoms with van der Waals surface area (Å²) in [4.78, 5) is 37.6. The van der Waals surface area contributed by atoms with Crippen LogP contribution in [0.2, 0.25) is 0 Å². The van der Waals surface area contributed by atoms with Crippen LogP contribution in [-0.4, -0.2) is 74.3 Å². The Bertz CT molecular complexity index is 1480. The van der Waals surface area contributed by atoms with E-state index in [1.165, 1.54) is 128 Å². The van der Waals surface area contributed by atoms with Crippen LogP contribution in [-0.2, 0) is 27.9 Å². The van der Waals surface area contributed by atoms with Gasteiger partial charge in [0, 0.05) is 12.8 Å². The Hall–Kier alpha value is -2.81. The first-order valence-electron chi connectivity index (χ1n) is 28.5. The monoisotopic (exact) mass is 1000 g/mol. The minimum atomic E-state index is -4.46. The molecule has 0 aromatic heterocycles. The van der Waals surface area contributed by atoms with Crippen molar-refractivity contribution in [3.8, 4) is 0 Å². The molecule has 1 amide bonds. The molecule has 0 rings (SSSR count). The Balaban J connectivity index is 5.45. The van der Waals surface area contributed by atoms with Crippen LogP contribution >= 0.6 is 7.82 Å². The molecule has 0 aliphatic carbocycles. The fourth-order valence-electron chi connectivity index (χ4n) is 7.85. The third-order valence-electron chi connectivity index (χ3n) is 12.3. The first-order chi connectivity index (χ1) is 33.9. The number of phosphoric acid groups is 1. The highest BCUT2D eigenvalue weighted by Gasteiger charge is 2.30. The van der Waals surface area contributed by atoms with Crippen molar-refractivity contribution in [3.05, 3.63) is 85.1 Å². The van der Waals surface area contributed by atoms with Gasteiger partial charge in [-0.25, -0.2) is 4.57 Å². The number of quaternary nitrogens is 1. The van der Waals surface area contributed by atoms with Gasteiger partial charge in [-0.1, -0.05) is 254 Å². The molecule has 0 fully saturated rings. The van der Waals surface area contributed by atoms with Crippen LogP contribution < -0.4 is 5.32 Å². The van der Waals surface area contributed by atoms with E-state index in [9.17, 15) is 19.0 Å². The number of hydrogen-bond donors (Lipinski definition) is 2. The molecule has 0 saturated heterocycles. The topological polar surface area (TPSA) is 111 Å². The van der Waals surface area contributed by atoms with Gasteiger partial charge in [0.15, 0.2) is 0 Å². The Kier molecular flexibility index (Phi) is 47.8. The zero-order chi connectivity index (χ0) is 51.5. The first kappa shape index (κ1) is 67.2. The van der Waals surface area contributed by atoms with Crippen molar-refractivity contribution in [2.45, 2.75) is 245 Å². The highest BCUT2D eigenvalue weighted by atomic mass is 31.2. The zero-order valence-corrected chi connectivity index (χ0v) is 46.9. The Morgan fingerprint density at radius 3 is 1.39 bits per heavy atom. The van der Waals surface area contributed by atoms with Crippen LogP contribution in [0.5, 0.6) is 0 Å². The van der Waals surface area contributed by atoms with Gasteiger partial charge < -0.3 is 19.4 Å². The molecule has 2 N–H and O–H groups in total. The number of allylic oxidation sites excluding steroid dienone is 13. The van der Waals surface area contributed by atoms with Crippen LogP contribution in [0, 0.1) is 0 Å². The summed E-state index contributed by atoms with van der Waals surface area (Å²) in [5, 5.41) is 3.04. The highest BCUT2D eigenvalue weighted by Crippen LogP contribution is 2.43. The normalized spacial score (nSPS) is 14.4. The highest BCUT2D eigenvalue weighted by molar-refractivity contribution is 7.47. The van der Waals surface area contributed by atoms with Crippen LogP contribution in [0.1, 0.15) is 233 Å². The minimum absolute atomic E-state index is 0.0301. The predicted octanol–water partition coefficient (Wildman–Crippen LogP) is 17.0. The van der Waals surface area contributed by atoms with Crippen LogP contribution in [0.15, 0.2) is 85.1 Å². The number of carbonyl (C=O) groups is 2. The Morgan fingerprint density at radius 1 is 0.514 bits per heavy atom. The van der Waals surface area contributed by atoms with Gasteiger partial charge >= 0.3 is 13.8 Å². The van der Waals surface area contributed by atoms with Gasteiger partial charge in [0.1, 0.15) is 19.3 Å². The summed E-state index contributed by atoms with van der Waals surface area (Å²) in [6.45, 7) is 6.83. The minimum Gasteiger partial charge on any atom is -0.456 e. The molecular formula is C60H108N2O7P+. The molecule has 0 heterocycles. The number of hydrogen-bond acceptors (Lipinski definition) is 6. The lowest BCUT2D eigenvalue weighted by atomic mass is 10.0. The quantitative estimate of drug-likeness (QED) is 0.0156. The van der Waals surface area contributed by atoms with Gasteiger partial charge in [0.05, 0.1) is 33.8 Å². The number of carbonyl (C=O) groups excluding carboxylic acids is 2. The number of unbranched alkanes of at least 4 members (excludes halogenated alkanes) is 27. The van der Waals surface area contributed by atoms with Crippen molar-refractivity contribution in [1.29, 1.82) is 0 Å². The van der Waals surface area contributed by atoms with E-state index in [1.807, 2.05) is 94.1 Å². The maximum absolute atomic E-state index is 13.5.